The van der Waals surface area contributed by atoms with Crippen LogP contribution in [0, 0.1) is 12.3 Å². The van der Waals surface area contributed by atoms with Gasteiger partial charge in [-0.05, 0) is 57.5 Å². The summed E-state index contributed by atoms with van der Waals surface area (Å²) in [5.41, 5.74) is 4.50. The van der Waals surface area contributed by atoms with E-state index < -0.39 is 11.8 Å². The van der Waals surface area contributed by atoms with Crippen LogP contribution in [0.4, 0.5) is 0 Å². The van der Waals surface area contributed by atoms with E-state index in [2.05, 4.69) is 70.2 Å². The van der Waals surface area contributed by atoms with Crippen molar-refractivity contribution in [2.45, 2.75) is 60.3 Å². The second-order valence-corrected chi connectivity index (χ2v) is 10.9. The van der Waals surface area contributed by atoms with Gasteiger partial charge in [0.2, 0.25) is 0 Å². The second-order valence-electron chi connectivity index (χ2n) is 10.9. The van der Waals surface area contributed by atoms with Crippen LogP contribution in [0.1, 0.15) is 61.0 Å². The molecule has 5 rings (SSSR count). The highest BCUT2D eigenvalue weighted by Gasteiger charge is 2.24. The maximum absolute atomic E-state index is 8.92. The Kier molecular flexibility index (Phi) is 3.80. The molecule has 31 heavy (non-hydrogen) atoms. The first-order chi connectivity index (χ1) is 15.3. The number of benzene rings is 4. The van der Waals surface area contributed by atoms with Crippen molar-refractivity contribution >= 4 is 43.5 Å². The molecule has 0 radical (unpaired) electrons. The van der Waals surface area contributed by atoms with E-state index in [1.807, 2.05) is 32.9 Å². The molecule has 0 unspecified atom stereocenters. The third-order valence-electron chi connectivity index (χ3n) is 6.11. The molecule has 158 valence electrons. The molecule has 1 heteroatoms. The van der Waals surface area contributed by atoms with Crippen LogP contribution >= 0.6 is 0 Å². The first-order valence-electron chi connectivity index (χ1n) is 12.1. The minimum absolute atomic E-state index is 0.0364. The zero-order valence-electron chi connectivity index (χ0n) is 21.6. The topological polar surface area (TPSA) is 13.1 Å². The first-order valence-corrected chi connectivity index (χ1v) is 11.1. The van der Waals surface area contributed by atoms with Gasteiger partial charge < -0.3 is 4.42 Å². The standard InChI is InChI=1S/C30H32O/c1-18-11-14-24-23-16-13-19-12-15-21-20(17-29(2,3)4)9-8-10-22(21)25(19)27(23)31-28(24)26(18)30(5,6)7/h8-16H,17H2,1-7H3/i17D2. The highest BCUT2D eigenvalue weighted by molar-refractivity contribution is 6.23. The lowest BCUT2D eigenvalue weighted by Crippen LogP contribution is -2.13. The minimum Gasteiger partial charge on any atom is -0.455 e. The molecule has 0 saturated carbocycles. The summed E-state index contributed by atoms with van der Waals surface area (Å²) >= 11 is 0. The molecular weight excluding hydrogens is 376 g/mol. The number of rotatable bonds is 1. The Morgan fingerprint density at radius 3 is 2.06 bits per heavy atom. The molecule has 0 aliphatic carbocycles. The maximum Gasteiger partial charge on any atom is 0.143 e. The number of hydrogen-bond donors (Lipinski definition) is 0. The van der Waals surface area contributed by atoms with Crippen molar-refractivity contribution in [1.29, 1.82) is 0 Å². The van der Waals surface area contributed by atoms with E-state index >= 15 is 0 Å². The third-order valence-corrected chi connectivity index (χ3v) is 6.11. The summed E-state index contributed by atoms with van der Waals surface area (Å²) in [4.78, 5) is 0. The summed E-state index contributed by atoms with van der Waals surface area (Å²) in [5, 5.41) is 6.41. The molecule has 0 amide bonds. The molecule has 0 N–H and O–H groups in total. The van der Waals surface area contributed by atoms with Crippen molar-refractivity contribution in [3.63, 3.8) is 0 Å². The number of hydrogen-bond acceptors (Lipinski definition) is 1. The van der Waals surface area contributed by atoms with Crippen molar-refractivity contribution in [2.75, 3.05) is 0 Å². The molecule has 1 heterocycles. The van der Waals surface area contributed by atoms with Crippen LogP contribution in [-0.2, 0) is 11.8 Å². The van der Waals surface area contributed by atoms with E-state index in [1.165, 1.54) is 11.1 Å². The van der Waals surface area contributed by atoms with Crippen molar-refractivity contribution in [3.8, 4) is 0 Å². The summed E-state index contributed by atoms with van der Waals surface area (Å²) in [5.74, 6) is 0. The zero-order chi connectivity index (χ0) is 23.9. The van der Waals surface area contributed by atoms with Crippen molar-refractivity contribution in [1.82, 2.24) is 0 Å². The Morgan fingerprint density at radius 2 is 1.39 bits per heavy atom. The van der Waals surface area contributed by atoms with Crippen LogP contribution in [0.3, 0.4) is 0 Å². The molecular formula is C30H32O. The summed E-state index contributed by atoms with van der Waals surface area (Å²) in [7, 11) is 0. The van der Waals surface area contributed by atoms with E-state index in [4.69, 9.17) is 7.16 Å². The quantitative estimate of drug-likeness (QED) is 0.251. The molecule has 0 bridgehead atoms. The normalized spacial score (nSPS) is 14.5. The van der Waals surface area contributed by atoms with Crippen LogP contribution in [0.15, 0.2) is 59.0 Å². The fraction of sp³-hybridized carbons (Fsp3) is 0.333. The summed E-state index contributed by atoms with van der Waals surface area (Å²) in [6, 6.07) is 18.9. The van der Waals surface area contributed by atoms with Gasteiger partial charge in [0.05, 0.1) is 0 Å². The lowest BCUT2D eigenvalue weighted by Gasteiger charge is -2.21. The summed E-state index contributed by atoms with van der Waals surface area (Å²) < 4.78 is 24.6. The van der Waals surface area contributed by atoms with Gasteiger partial charge in [0.1, 0.15) is 11.2 Å². The van der Waals surface area contributed by atoms with Gasteiger partial charge in [0.25, 0.3) is 0 Å². The molecule has 0 aliphatic rings. The van der Waals surface area contributed by atoms with E-state index in [-0.39, 0.29) is 5.41 Å². The largest absolute Gasteiger partial charge is 0.455 e. The molecule has 1 nitrogen and oxygen atoms in total. The number of furan rings is 1. The maximum atomic E-state index is 8.92. The van der Waals surface area contributed by atoms with Gasteiger partial charge in [-0.1, -0.05) is 90.1 Å². The molecule has 0 atom stereocenters. The van der Waals surface area contributed by atoms with Gasteiger partial charge >= 0.3 is 0 Å². The molecule has 5 aromatic rings. The number of aryl methyl sites for hydroxylation is 1. The Hall–Kier alpha value is -2.80. The lowest BCUT2D eigenvalue weighted by atomic mass is 9.83. The SMILES string of the molecule is [2H]C([2H])(c1cccc2c1ccc1ccc3c4ccc(C)c(C(C)(C)C)c4oc3c12)C(C)(C)C. The average molecular weight is 411 g/mol. The van der Waals surface area contributed by atoms with Gasteiger partial charge in [-0.2, -0.15) is 0 Å². The molecule has 1 aromatic heterocycles. The Morgan fingerprint density at radius 1 is 0.742 bits per heavy atom. The van der Waals surface area contributed by atoms with Gasteiger partial charge in [-0.3, -0.25) is 0 Å². The van der Waals surface area contributed by atoms with Crippen molar-refractivity contribution in [3.05, 3.63) is 71.3 Å². The van der Waals surface area contributed by atoms with Crippen LogP contribution in [-0.4, -0.2) is 0 Å². The van der Waals surface area contributed by atoms with Crippen LogP contribution in [0.25, 0.3) is 43.5 Å². The molecule has 4 aromatic carbocycles. The molecule has 0 aliphatic heterocycles. The van der Waals surface area contributed by atoms with E-state index in [0.717, 1.165) is 49.0 Å². The first kappa shape index (κ1) is 17.8. The predicted octanol–water partition coefficient (Wildman–Crippen LogP) is 9.09. The van der Waals surface area contributed by atoms with E-state index in [9.17, 15) is 0 Å². The lowest BCUT2D eigenvalue weighted by molar-refractivity contribution is 0.412. The Labute approximate surface area is 187 Å². The van der Waals surface area contributed by atoms with E-state index in [0.29, 0.717) is 0 Å². The Bertz CT molecular complexity index is 1560. The fourth-order valence-corrected chi connectivity index (χ4v) is 5.01. The summed E-state index contributed by atoms with van der Waals surface area (Å²) in [6.07, 6.45) is -1.47. The van der Waals surface area contributed by atoms with Gasteiger partial charge in [0, 0.05) is 24.5 Å². The highest BCUT2D eigenvalue weighted by atomic mass is 16.3. The second kappa shape index (κ2) is 6.60. The predicted molar refractivity (Wildman–Crippen MR) is 135 cm³/mol. The van der Waals surface area contributed by atoms with Gasteiger partial charge in [0.15, 0.2) is 0 Å². The fourth-order valence-electron chi connectivity index (χ4n) is 5.01. The average Bonchev–Trinajstić information content (AvgIpc) is 3.09. The highest BCUT2D eigenvalue weighted by Crippen LogP contribution is 2.42. The van der Waals surface area contributed by atoms with Gasteiger partial charge in [-0.25, -0.2) is 0 Å². The smallest absolute Gasteiger partial charge is 0.143 e. The Balaban J connectivity index is 1.96. The number of fused-ring (bicyclic) bond motifs is 7. The van der Waals surface area contributed by atoms with Crippen LogP contribution in [0.2, 0.25) is 0 Å². The van der Waals surface area contributed by atoms with Crippen LogP contribution < -0.4 is 0 Å². The monoisotopic (exact) mass is 410 g/mol. The van der Waals surface area contributed by atoms with Crippen molar-refractivity contribution < 1.29 is 7.16 Å². The molecule has 0 fully saturated rings. The van der Waals surface area contributed by atoms with Crippen molar-refractivity contribution in [2.24, 2.45) is 5.41 Å². The molecule has 0 spiro atoms. The molecule has 0 saturated heterocycles. The zero-order valence-corrected chi connectivity index (χ0v) is 19.6. The third kappa shape index (κ3) is 3.22. The summed E-state index contributed by atoms with van der Waals surface area (Å²) in [6.45, 7) is 14.7. The van der Waals surface area contributed by atoms with Crippen LogP contribution in [0.5, 0.6) is 0 Å². The van der Waals surface area contributed by atoms with Gasteiger partial charge in [-0.15, -0.1) is 0 Å². The minimum atomic E-state index is -1.47. The van der Waals surface area contributed by atoms with E-state index in [1.54, 1.807) is 0 Å².